The van der Waals surface area contributed by atoms with E-state index in [9.17, 15) is 4.79 Å². The van der Waals surface area contributed by atoms with Crippen molar-refractivity contribution in [1.29, 1.82) is 0 Å². The second-order valence-electron chi connectivity index (χ2n) is 3.42. The predicted octanol–water partition coefficient (Wildman–Crippen LogP) is 1.38. The number of carbonyl (C=O) groups excluding carboxylic acids is 1. The van der Waals surface area contributed by atoms with Crippen LogP contribution in [0.15, 0.2) is 0 Å². The lowest BCUT2D eigenvalue weighted by molar-refractivity contribution is 0.134. The molecular weight excluding hydrogens is 142 g/mol. The number of nitrogens with zero attached hydrogens (tertiary/aromatic N) is 1. The molecule has 1 amide bonds. The number of cyclic esters (lactones) is 1. The molecule has 2 saturated heterocycles. The van der Waals surface area contributed by atoms with Crippen LogP contribution in [-0.2, 0) is 4.74 Å². The average Bonchev–Trinajstić information content (AvgIpc) is 2.34. The molecule has 2 heterocycles. The molecule has 0 aliphatic carbocycles. The van der Waals surface area contributed by atoms with Gasteiger partial charge in [0.2, 0.25) is 0 Å². The molecule has 11 heavy (non-hydrogen) atoms. The summed E-state index contributed by atoms with van der Waals surface area (Å²) in [6, 6.07) is 0.773. The Morgan fingerprint density at radius 1 is 1.55 bits per heavy atom. The van der Waals surface area contributed by atoms with Crippen LogP contribution in [0, 0.1) is 0 Å². The Bertz CT molecular complexity index is 181. The number of hydrogen-bond acceptors (Lipinski definition) is 2. The smallest absolute Gasteiger partial charge is 0.410 e. The number of hydrogen-bond donors (Lipinski definition) is 0. The van der Waals surface area contributed by atoms with E-state index >= 15 is 0 Å². The summed E-state index contributed by atoms with van der Waals surface area (Å²) in [6.07, 6.45) is 3.38. The molecule has 2 rings (SSSR count). The van der Waals surface area contributed by atoms with Gasteiger partial charge < -0.3 is 4.74 Å². The molecule has 0 bridgehead atoms. The zero-order chi connectivity index (χ0) is 7.84. The van der Waals surface area contributed by atoms with Crippen molar-refractivity contribution in [3.05, 3.63) is 0 Å². The number of amides is 1. The van der Waals surface area contributed by atoms with E-state index in [1.165, 1.54) is 6.42 Å². The topological polar surface area (TPSA) is 29.5 Å². The predicted molar refractivity (Wildman–Crippen MR) is 40.3 cm³/mol. The van der Waals surface area contributed by atoms with Gasteiger partial charge in [-0.25, -0.2) is 4.79 Å². The number of piperidine rings is 1. The largest absolute Gasteiger partial charge is 0.447 e. The quantitative estimate of drug-likeness (QED) is 0.529. The first kappa shape index (κ1) is 6.95. The normalized spacial score (nSPS) is 36.8. The van der Waals surface area contributed by atoms with Gasteiger partial charge in [-0.1, -0.05) is 0 Å². The van der Waals surface area contributed by atoms with E-state index in [1.54, 1.807) is 0 Å². The first-order chi connectivity index (χ1) is 5.29. The molecule has 0 radical (unpaired) electrons. The molecule has 0 spiro atoms. The van der Waals surface area contributed by atoms with Gasteiger partial charge in [-0.3, -0.25) is 4.90 Å². The number of fused-ring (bicyclic) bond motifs is 1. The standard InChI is InChI=1S/C8H13NO2/c1-6-3-2-4-7-5-11-8(10)9(6)7/h6-7H,2-5H2,1H3/t6-,7-/m1/s1. The summed E-state index contributed by atoms with van der Waals surface area (Å²) in [5.41, 5.74) is 0. The molecule has 2 atom stereocenters. The third-order valence-electron chi connectivity index (χ3n) is 2.64. The van der Waals surface area contributed by atoms with E-state index in [1.807, 2.05) is 4.90 Å². The minimum Gasteiger partial charge on any atom is -0.447 e. The van der Waals surface area contributed by atoms with Gasteiger partial charge in [0, 0.05) is 6.04 Å². The van der Waals surface area contributed by atoms with Crippen LogP contribution < -0.4 is 0 Å². The SMILES string of the molecule is C[C@@H]1CCC[C@@H]2COC(=O)N21. The maximum absolute atomic E-state index is 11.1. The van der Waals surface area contributed by atoms with Gasteiger partial charge in [-0.2, -0.15) is 0 Å². The fraction of sp³-hybridized carbons (Fsp3) is 0.875. The number of carbonyl (C=O) groups is 1. The van der Waals surface area contributed by atoms with Crippen molar-refractivity contribution in [2.75, 3.05) is 6.61 Å². The Balaban J connectivity index is 2.14. The Morgan fingerprint density at radius 2 is 2.36 bits per heavy atom. The van der Waals surface area contributed by atoms with Crippen LogP contribution in [0.4, 0.5) is 4.79 Å². The zero-order valence-electron chi connectivity index (χ0n) is 6.75. The first-order valence-corrected chi connectivity index (χ1v) is 4.24. The molecule has 3 heteroatoms. The molecular formula is C8H13NO2. The molecule has 2 aliphatic heterocycles. The summed E-state index contributed by atoms with van der Waals surface area (Å²) >= 11 is 0. The highest BCUT2D eigenvalue weighted by molar-refractivity contribution is 5.70. The van der Waals surface area contributed by atoms with Gasteiger partial charge in [0.25, 0.3) is 0 Å². The van der Waals surface area contributed by atoms with Crippen LogP contribution in [0.2, 0.25) is 0 Å². The van der Waals surface area contributed by atoms with Gasteiger partial charge in [-0.05, 0) is 26.2 Å². The van der Waals surface area contributed by atoms with Crippen LogP contribution in [0.3, 0.4) is 0 Å². The van der Waals surface area contributed by atoms with Gasteiger partial charge in [0.1, 0.15) is 6.61 Å². The van der Waals surface area contributed by atoms with Crippen LogP contribution >= 0.6 is 0 Å². The number of rotatable bonds is 0. The van der Waals surface area contributed by atoms with Crippen LogP contribution in [0.1, 0.15) is 26.2 Å². The molecule has 0 unspecified atom stereocenters. The van der Waals surface area contributed by atoms with E-state index in [-0.39, 0.29) is 6.09 Å². The van der Waals surface area contributed by atoms with E-state index in [2.05, 4.69) is 6.92 Å². The van der Waals surface area contributed by atoms with Gasteiger partial charge in [-0.15, -0.1) is 0 Å². The van der Waals surface area contributed by atoms with E-state index in [4.69, 9.17) is 4.74 Å². The average molecular weight is 155 g/mol. The minimum atomic E-state index is -0.109. The molecule has 0 aromatic rings. The third-order valence-corrected chi connectivity index (χ3v) is 2.64. The Labute approximate surface area is 66.3 Å². The summed E-state index contributed by atoms with van der Waals surface area (Å²) in [5.74, 6) is 0. The first-order valence-electron chi connectivity index (χ1n) is 4.24. The van der Waals surface area contributed by atoms with Crippen molar-refractivity contribution in [3.8, 4) is 0 Å². The van der Waals surface area contributed by atoms with Crippen molar-refractivity contribution in [2.45, 2.75) is 38.3 Å². The highest BCUT2D eigenvalue weighted by atomic mass is 16.6. The molecule has 0 aromatic heterocycles. The van der Waals surface area contributed by atoms with E-state index in [0.717, 1.165) is 12.8 Å². The summed E-state index contributed by atoms with van der Waals surface area (Å²) < 4.78 is 4.96. The highest BCUT2D eigenvalue weighted by Crippen LogP contribution is 2.27. The second kappa shape index (κ2) is 2.40. The Hall–Kier alpha value is -0.730. The summed E-state index contributed by atoms with van der Waals surface area (Å²) in [5, 5.41) is 0. The lowest BCUT2D eigenvalue weighted by Gasteiger charge is -2.32. The maximum Gasteiger partial charge on any atom is 0.410 e. The molecule has 0 N–H and O–H groups in total. The molecule has 2 aliphatic rings. The van der Waals surface area contributed by atoms with Crippen molar-refractivity contribution >= 4 is 6.09 Å². The lowest BCUT2D eigenvalue weighted by Crippen LogP contribution is -2.43. The van der Waals surface area contributed by atoms with Gasteiger partial charge in [0.15, 0.2) is 0 Å². The summed E-state index contributed by atoms with van der Waals surface area (Å²) in [7, 11) is 0. The van der Waals surface area contributed by atoms with Crippen LogP contribution in [0.25, 0.3) is 0 Å². The maximum atomic E-state index is 11.1. The van der Waals surface area contributed by atoms with Crippen molar-refractivity contribution < 1.29 is 9.53 Å². The van der Waals surface area contributed by atoms with Gasteiger partial charge in [0.05, 0.1) is 6.04 Å². The van der Waals surface area contributed by atoms with E-state index < -0.39 is 0 Å². The fourth-order valence-electron chi connectivity index (χ4n) is 2.02. The summed E-state index contributed by atoms with van der Waals surface area (Å²) in [4.78, 5) is 13.0. The number of ether oxygens (including phenoxy) is 1. The zero-order valence-corrected chi connectivity index (χ0v) is 6.75. The minimum absolute atomic E-state index is 0.109. The van der Waals surface area contributed by atoms with E-state index in [0.29, 0.717) is 18.7 Å². The molecule has 0 saturated carbocycles. The van der Waals surface area contributed by atoms with Crippen molar-refractivity contribution in [3.63, 3.8) is 0 Å². The van der Waals surface area contributed by atoms with Crippen molar-refractivity contribution in [1.82, 2.24) is 4.90 Å². The molecule has 62 valence electrons. The van der Waals surface area contributed by atoms with Crippen LogP contribution in [0.5, 0.6) is 0 Å². The second-order valence-corrected chi connectivity index (χ2v) is 3.42. The lowest BCUT2D eigenvalue weighted by atomic mass is 9.98. The third kappa shape index (κ3) is 0.988. The van der Waals surface area contributed by atoms with Crippen LogP contribution in [-0.4, -0.2) is 29.7 Å². The molecule has 2 fully saturated rings. The monoisotopic (exact) mass is 155 g/mol. The Morgan fingerprint density at radius 3 is 3.09 bits per heavy atom. The molecule has 0 aromatic carbocycles. The Kier molecular flexibility index (Phi) is 1.51. The van der Waals surface area contributed by atoms with Gasteiger partial charge >= 0.3 is 6.09 Å². The van der Waals surface area contributed by atoms with Crippen molar-refractivity contribution in [2.24, 2.45) is 0 Å². The summed E-state index contributed by atoms with van der Waals surface area (Å²) in [6.45, 7) is 2.71. The highest BCUT2D eigenvalue weighted by Gasteiger charge is 2.38. The molecule has 3 nitrogen and oxygen atoms in total. The fourth-order valence-corrected chi connectivity index (χ4v) is 2.02.